The highest BCUT2D eigenvalue weighted by Gasteiger charge is 2.11. The number of carbonyl (C=O) groups excluding carboxylic acids is 2. The normalized spacial score (nSPS) is 9.73. The molecule has 0 heterocycles. The molecule has 1 aromatic carbocycles. The third-order valence-corrected chi connectivity index (χ3v) is 1.89. The number of rotatable bonds is 2. The Labute approximate surface area is 86.9 Å². The fourth-order valence-electron chi connectivity index (χ4n) is 1.24. The number of carbonyl (C=O) groups is 2. The molecule has 0 fully saturated rings. The van der Waals surface area contributed by atoms with Gasteiger partial charge in [-0.3, -0.25) is 9.59 Å². The van der Waals surface area contributed by atoms with Gasteiger partial charge in [0.05, 0.1) is 5.56 Å². The quantitative estimate of drug-likeness (QED) is 0.626. The highest BCUT2D eigenvalue weighted by atomic mass is 16.3. The van der Waals surface area contributed by atoms with Crippen molar-refractivity contribution in [1.29, 1.82) is 0 Å². The summed E-state index contributed by atoms with van der Waals surface area (Å²) in [7, 11) is 0. The Balaban J connectivity index is 3.23. The van der Waals surface area contributed by atoms with E-state index in [1.807, 2.05) is 0 Å². The van der Waals surface area contributed by atoms with Gasteiger partial charge in [-0.05, 0) is 24.6 Å². The number of phenols is 1. The summed E-state index contributed by atoms with van der Waals surface area (Å²) >= 11 is 0. The molecule has 0 aliphatic heterocycles. The Morgan fingerprint density at radius 3 is 2.47 bits per heavy atom. The maximum absolute atomic E-state index is 11.0. The molecule has 0 saturated heterocycles. The van der Waals surface area contributed by atoms with Crippen LogP contribution in [0.5, 0.6) is 5.75 Å². The van der Waals surface area contributed by atoms with E-state index in [4.69, 9.17) is 5.73 Å². The van der Waals surface area contributed by atoms with Gasteiger partial charge in [0, 0.05) is 12.6 Å². The van der Waals surface area contributed by atoms with Crippen LogP contribution in [0.15, 0.2) is 12.1 Å². The summed E-state index contributed by atoms with van der Waals surface area (Å²) < 4.78 is 0. The Morgan fingerprint density at radius 2 is 2.00 bits per heavy atom. The first-order valence-electron chi connectivity index (χ1n) is 4.33. The minimum atomic E-state index is -0.734. The average molecular weight is 208 g/mol. The van der Waals surface area contributed by atoms with Crippen molar-refractivity contribution in [3.63, 3.8) is 0 Å². The second-order valence-electron chi connectivity index (χ2n) is 3.23. The van der Waals surface area contributed by atoms with Gasteiger partial charge in [-0.1, -0.05) is 0 Å². The zero-order valence-electron chi connectivity index (χ0n) is 8.50. The predicted molar refractivity (Wildman–Crippen MR) is 55.7 cm³/mol. The van der Waals surface area contributed by atoms with Crippen LogP contribution in [0.1, 0.15) is 22.8 Å². The fraction of sp³-hybridized carbons (Fsp3) is 0.200. The Bertz CT molecular complexity index is 427. The van der Waals surface area contributed by atoms with E-state index in [0.29, 0.717) is 11.3 Å². The minimum absolute atomic E-state index is 0.00116. The van der Waals surface area contributed by atoms with Gasteiger partial charge < -0.3 is 16.2 Å². The molecule has 80 valence electrons. The van der Waals surface area contributed by atoms with Crippen molar-refractivity contribution in [2.24, 2.45) is 5.73 Å². The van der Waals surface area contributed by atoms with Gasteiger partial charge in [0.1, 0.15) is 5.75 Å². The van der Waals surface area contributed by atoms with Crippen LogP contribution in [-0.2, 0) is 4.79 Å². The largest absolute Gasteiger partial charge is 0.507 e. The summed E-state index contributed by atoms with van der Waals surface area (Å²) in [6.45, 7) is 2.97. The molecular weight excluding hydrogens is 196 g/mol. The molecule has 1 rings (SSSR count). The summed E-state index contributed by atoms with van der Waals surface area (Å²) in [5.74, 6) is -1.14. The second-order valence-corrected chi connectivity index (χ2v) is 3.23. The number of nitrogens with two attached hydrogens (primary N) is 1. The maximum Gasteiger partial charge on any atom is 0.252 e. The summed E-state index contributed by atoms with van der Waals surface area (Å²) in [5, 5.41) is 12.0. The van der Waals surface area contributed by atoms with Crippen molar-refractivity contribution in [3.05, 3.63) is 23.3 Å². The van der Waals surface area contributed by atoms with E-state index in [2.05, 4.69) is 5.32 Å². The molecular formula is C10H12N2O3. The standard InChI is InChI=1S/C10H12N2O3/c1-5-3-7(12-6(2)13)4-8(9(5)14)10(11)15/h3-4,14H,1-2H3,(H2,11,15)(H,12,13). The molecule has 0 radical (unpaired) electrons. The molecule has 5 heteroatoms. The van der Waals surface area contributed by atoms with Gasteiger partial charge in [0.25, 0.3) is 5.91 Å². The fourth-order valence-corrected chi connectivity index (χ4v) is 1.24. The zero-order chi connectivity index (χ0) is 11.6. The molecule has 0 bridgehead atoms. The molecule has 0 aromatic heterocycles. The molecule has 5 nitrogen and oxygen atoms in total. The molecule has 2 amide bonds. The van der Waals surface area contributed by atoms with Gasteiger partial charge in [-0.25, -0.2) is 0 Å². The second kappa shape index (κ2) is 4.00. The van der Waals surface area contributed by atoms with Crippen LogP contribution in [0.3, 0.4) is 0 Å². The number of nitrogens with one attached hydrogen (secondary N) is 1. The van der Waals surface area contributed by atoms with Crippen LogP contribution in [0.2, 0.25) is 0 Å². The summed E-state index contributed by atoms with van der Waals surface area (Å²) in [6, 6.07) is 2.90. The van der Waals surface area contributed by atoms with Crippen LogP contribution in [-0.4, -0.2) is 16.9 Å². The lowest BCUT2D eigenvalue weighted by molar-refractivity contribution is -0.114. The van der Waals surface area contributed by atoms with E-state index in [-0.39, 0.29) is 17.2 Å². The van der Waals surface area contributed by atoms with Crippen LogP contribution in [0, 0.1) is 6.92 Å². The Hall–Kier alpha value is -2.04. The number of hydrogen-bond donors (Lipinski definition) is 3. The van der Waals surface area contributed by atoms with Crippen molar-refractivity contribution in [3.8, 4) is 5.75 Å². The SMILES string of the molecule is CC(=O)Nc1cc(C)c(O)c(C(N)=O)c1. The number of amides is 2. The van der Waals surface area contributed by atoms with E-state index >= 15 is 0 Å². The number of aryl methyl sites for hydroxylation is 1. The van der Waals surface area contributed by atoms with Crippen LogP contribution >= 0.6 is 0 Å². The van der Waals surface area contributed by atoms with E-state index in [9.17, 15) is 14.7 Å². The number of hydrogen-bond acceptors (Lipinski definition) is 3. The van der Waals surface area contributed by atoms with Gasteiger partial charge in [-0.2, -0.15) is 0 Å². The molecule has 0 spiro atoms. The molecule has 1 aromatic rings. The third-order valence-electron chi connectivity index (χ3n) is 1.89. The first-order valence-corrected chi connectivity index (χ1v) is 4.33. The lowest BCUT2D eigenvalue weighted by Gasteiger charge is -2.08. The number of aromatic hydroxyl groups is 1. The van der Waals surface area contributed by atoms with Crippen molar-refractivity contribution in [2.45, 2.75) is 13.8 Å². The van der Waals surface area contributed by atoms with Crippen molar-refractivity contribution >= 4 is 17.5 Å². The van der Waals surface area contributed by atoms with E-state index in [1.165, 1.54) is 13.0 Å². The molecule has 4 N–H and O–H groups in total. The van der Waals surface area contributed by atoms with Crippen molar-refractivity contribution in [2.75, 3.05) is 5.32 Å². The van der Waals surface area contributed by atoms with Gasteiger partial charge in [0.2, 0.25) is 5.91 Å². The van der Waals surface area contributed by atoms with E-state index in [0.717, 1.165) is 0 Å². The average Bonchev–Trinajstić information content (AvgIpc) is 2.09. The van der Waals surface area contributed by atoms with Gasteiger partial charge in [0.15, 0.2) is 0 Å². The van der Waals surface area contributed by atoms with E-state index in [1.54, 1.807) is 13.0 Å². The first-order chi connectivity index (χ1) is 6.91. The minimum Gasteiger partial charge on any atom is -0.507 e. The maximum atomic E-state index is 11.0. The predicted octanol–water partition coefficient (Wildman–Crippen LogP) is 0.758. The van der Waals surface area contributed by atoms with Crippen LogP contribution in [0.4, 0.5) is 5.69 Å². The lowest BCUT2D eigenvalue weighted by atomic mass is 10.1. The number of anilines is 1. The Kier molecular flexibility index (Phi) is 2.94. The van der Waals surface area contributed by atoms with Gasteiger partial charge in [-0.15, -0.1) is 0 Å². The van der Waals surface area contributed by atoms with Crippen LogP contribution < -0.4 is 11.1 Å². The third kappa shape index (κ3) is 2.46. The highest BCUT2D eigenvalue weighted by molar-refractivity contribution is 5.98. The molecule has 0 saturated carbocycles. The highest BCUT2D eigenvalue weighted by Crippen LogP contribution is 2.25. The molecule has 0 aliphatic rings. The van der Waals surface area contributed by atoms with Crippen molar-refractivity contribution < 1.29 is 14.7 Å². The number of benzene rings is 1. The molecule has 15 heavy (non-hydrogen) atoms. The Morgan fingerprint density at radius 1 is 1.40 bits per heavy atom. The monoisotopic (exact) mass is 208 g/mol. The smallest absolute Gasteiger partial charge is 0.252 e. The number of primary amides is 1. The first kappa shape index (κ1) is 11.0. The molecule has 0 aliphatic carbocycles. The van der Waals surface area contributed by atoms with Crippen LogP contribution in [0.25, 0.3) is 0 Å². The molecule has 0 unspecified atom stereocenters. The van der Waals surface area contributed by atoms with Crippen molar-refractivity contribution in [1.82, 2.24) is 0 Å². The van der Waals surface area contributed by atoms with E-state index < -0.39 is 5.91 Å². The van der Waals surface area contributed by atoms with Gasteiger partial charge >= 0.3 is 0 Å². The molecule has 0 atom stereocenters. The summed E-state index contributed by atoms with van der Waals surface area (Å²) in [5.41, 5.74) is 5.99. The topological polar surface area (TPSA) is 92.4 Å². The summed E-state index contributed by atoms with van der Waals surface area (Å²) in [4.78, 5) is 21.8. The zero-order valence-corrected chi connectivity index (χ0v) is 8.50. The summed E-state index contributed by atoms with van der Waals surface area (Å²) in [6.07, 6.45) is 0. The lowest BCUT2D eigenvalue weighted by Crippen LogP contribution is -2.13.